The van der Waals surface area contributed by atoms with Crippen molar-refractivity contribution >= 4 is 28.7 Å². The fraction of sp³-hybridized carbons (Fsp3) is 0.450. The summed E-state index contributed by atoms with van der Waals surface area (Å²) in [5, 5.41) is 6.63. The van der Waals surface area contributed by atoms with Crippen LogP contribution >= 0.6 is 11.3 Å². The lowest BCUT2D eigenvalue weighted by Gasteiger charge is -2.12. The van der Waals surface area contributed by atoms with Crippen LogP contribution in [0.2, 0.25) is 0 Å². The van der Waals surface area contributed by atoms with Gasteiger partial charge in [-0.1, -0.05) is 13.3 Å². The molecule has 0 amide bonds. The van der Waals surface area contributed by atoms with E-state index < -0.39 is 0 Å². The first-order valence-electron chi connectivity index (χ1n) is 9.45. The van der Waals surface area contributed by atoms with E-state index in [1.165, 1.54) is 11.3 Å². The Morgan fingerprint density at radius 1 is 1.21 bits per heavy atom. The van der Waals surface area contributed by atoms with Crippen LogP contribution in [0.4, 0.5) is 5.13 Å². The Hall–Kier alpha value is -2.61. The molecule has 0 atom stereocenters. The van der Waals surface area contributed by atoms with Gasteiger partial charge in [-0.25, -0.2) is 4.98 Å². The molecule has 1 N–H and O–H groups in total. The average Bonchev–Trinajstić information content (AvgIpc) is 3.11. The predicted octanol–water partition coefficient (Wildman–Crippen LogP) is 4.27. The van der Waals surface area contributed by atoms with Crippen molar-refractivity contribution < 1.29 is 19.0 Å². The Labute approximate surface area is 169 Å². The summed E-state index contributed by atoms with van der Waals surface area (Å²) >= 11 is 1.38. The summed E-state index contributed by atoms with van der Waals surface area (Å²) in [6, 6.07) is 5.70. The highest BCUT2D eigenvalue weighted by Crippen LogP contribution is 2.28. The molecule has 0 radical (unpaired) electrons. The fourth-order valence-electron chi connectivity index (χ4n) is 2.28. The molecule has 152 valence electrons. The number of hydrazone groups is 1. The van der Waals surface area contributed by atoms with Crippen molar-refractivity contribution in [3.63, 3.8) is 0 Å². The second-order valence-electron chi connectivity index (χ2n) is 5.84. The summed E-state index contributed by atoms with van der Waals surface area (Å²) in [5.74, 6) is 1.16. The molecule has 1 aromatic heterocycles. The molecule has 1 aromatic carbocycles. The largest absolute Gasteiger partial charge is 0.490 e. The highest BCUT2D eigenvalue weighted by Gasteiger charge is 2.08. The molecule has 0 saturated carbocycles. The number of thiazole rings is 1. The number of rotatable bonds is 12. The van der Waals surface area contributed by atoms with Gasteiger partial charge in [0, 0.05) is 5.38 Å². The van der Waals surface area contributed by atoms with Crippen LogP contribution < -0.4 is 14.9 Å². The van der Waals surface area contributed by atoms with Crippen LogP contribution in [0.25, 0.3) is 0 Å². The molecule has 0 saturated heterocycles. The molecule has 0 bridgehead atoms. The summed E-state index contributed by atoms with van der Waals surface area (Å²) in [4.78, 5) is 15.8. The fourth-order valence-corrected chi connectivity index (χ4v) is 2.94. The summed E-state index contributed by atoms with van der Waals surface area (Å²) in [6.07, 6.45) is 3.93. The zero-order valence-corrected chi connectivity index (χ0v) is 17.4. The summed E-state index contributed by atoms with van der Waals surface area (Å²) in [7, 11) is 0. The van der Waals surface area contributed by atoms with Gasteiger partial charge in [-0.05, 0) is 44.0 Å². The maximum atomic E-state index is 11.5. The smallest absolute Gasteiger partial charge is 0.311 e. The van der Waals surface area contributed by atoms with Gasteiger partial charge < -0.3 is 14.2 Å². The van der Waals surface area contributed by atoms with Crippen molar-refractivity contribution in [3.8, 4) is 11.5 Å². The van der Waals surface area contributed by atoms with Gasteiger partial charge in [0.15, 0.2) is 11.5 Å². The van der Waals surface area contributed by atoms with Crippen molar-refractivity contribution in [2.45, 2.75) is 40.0 Å². The minimum Gasteiger partial charge on any atom is -0.490 e. The van der Waals surface area contributed by atoms with Gasteiger partial charge in [-0.3, -0.25) is 10.2 Å². The first-order chi connectivity index (χ1) is 13.7. The molecule has 2 rings (SSSR count). The number of unbranched alkanes of at least 4 members (excludes halogenated alkanes) is 1. The molecule has 0 aliphatic carbocycles. The third-order valence-electron chi connectivity index (χ3n) is 3.58. The lowest BCUT2D eigenvalue weighted by atomic mass is 10.2. The van der Waals surface area contributed by atoms with E-state index in [2.05, 4.69) is 22.4 Å². The minimum atomic E-state index is -0.285. The van der Waals surface area contributed by atoms with E-state index in [0.717, 1.165) is 24.2 Å². The topological polar surface area (TPSA) is 82.0 Å². The van der Waals surface area contributed by atoms with Gasteiger partial charge in [0.2, 0.25) is 5.13 Å². The molecule has 1 heterocycles. The molecular weight excluding hydrogens is 378 g/mol. The molecule has 8 heteroatoms. The van der Waals surface area contributed by atoms with Crippen molar-refractivity contribution in [2.24, 2.45) is 5.10 Å². The number of carbonyl (C=O) groups excluding carboxylic acids is 1. The maximum Gasteiger partial charge on any atom is 0.311 e. The number of benzene rings is 1. The van der Waals surface area contributed by atoms with E-state index in [-0.39, 0.29) is 12.4 Å². The van der Waals surface area contributed by atoms with Crippen molar-refractivity contribution in [3.05, 3.63) is 34.8 Å². The monoisotopic (exact) mass is 405 g/mol. The maximum absolute atomic E-state index is 11.5. The molecule has 0 spiro atoms. The molecule has 7 nitrogen and oxygen atoms in total. The number of ether oxygens (including phenoxy) is 3. The van der Waals surface area contributed by atoms with E-state index in [9.17, 15) is 4.79 Å². The lowest BCUT2D eigenvalue weighted by Crippen LogP contribution is -2.07. The number of hydrogen-bond acceptors (Lipinski definition) is 8. The normalized spacial score (nSPS) is 10.8. The standard InChI is InChI=1S/C20H27N3O4S/c1-4-7-10-27-17-9-8-15(11-18(17)25-5-2)13-21-23-20-22-16(14-28-20)12-19(24)26-6-3/h8-9,11,13-14H,4-7,10,12H2,1-3H3,(H,22,23)/b21-13-. The molecule has 0 fully saturated rings. The molecule has 0 aliphatic heterocycles. The van der Waals surface area contributed by atoms with E-state index in [4.69, 9.17) is 14.2 Å². The number of nitrogens with one attached hydrogen (secondary N) is 1. The third kappa shape index (κ3) is 7.19. The zero-order valence-electron chi connectivity index (χ0n) is 16.6. The Balaban J connectivity index is 1.95. The SMILES string of the molecule is CCCCOc1ccc(/C=N\Nc2nc(CC(=O)OCC)cs2)cc1OCC. The van der Waals surface area contributed by atoms with Crippen LogP contribution in [0.1, 0.15) is 44.9 Å². The number of nitrogens with zero attached hydrogens (tertiary/aromatic N) is 2. The Morgan fingerprint density at radius 3 is 2.82 bits per heavy atom. The Morgan fingerprint density at radius 2 is 2.07 bits per heavy atom. The second kappa shape index (κ2) is 12.0. The number of aromatic nitrogens is 1. The van der Waals surface area contributed by atoms with Crippen LogP contribution in [0.15, 0.2) is 28.7 Å². The second-order valence-corrected chi connectivity index (χ2v) is 6.70. The van der Waals surface area contributed by atoms with E-state index in [1.54, 1.807) is 13.1 Å². The van der Waals surface area contributed by atoms with Gasteiger partial charge in [-0.15, -0.1) is 11.3 Å². The Kier molecular flexibility index (Phi) is 9.27. The lowest BCUT2D eigenvalue weighted by molar-refractivity contribution is -0.142. The zero-order chi connectivity index (χ0) is 20.2. The van der Waals surface area contributed by atoms with Gasteiger partial charge in [0.25, 0.3) is 0 Å². The Bertz CT molecular complexity index is 777. The van der Waals surface area contributed by atoms with Crippen LogP contribution in [-0.4, -0.2) is 37.0 Å². The number of carbonyl (C=O) groups is 1. The van der Waals surface area contributed by atoms with Crippen molar-refractivity contribution in [1.82, 2.24) is 4.98 Å². The van der Waals surface area contributed by atoms with E-state index in [1.807, 2.05) is 30.5 Å². The number of anilines is 1. The van der Waals surface area contributed by atoms with Gasteiger partial charge in [-0.2, -0.15) is 5.10 Å². The van der Waals surface area contributed by atoms with Gasteiger partial charge in [0.05, 0.1) is 38.1 Å². The molecular formula is C20H27N3O4S. The van der Waals surface area contributed by atoms with Crippen LogP contribution in [-0.2, 0) is 16.0 Å². The van der Waals surface area contributed by atoms with Crippen molar-refractivity contribution in [1.29, 1.82) is 0 Å². The van der Waals surface area contributed by atoms with E-state index in [0.29, 0.717) is 36.4 Å². The average molecular weight is 406 g/mol. The van der Waals surface area contributed by atoms with Crippen LogP contribution in [0.5, 0.6) is 11.5 Å². The summed E-state index contributed by atoms with van der Waals surface area (Å²) < 4.78 is 16.4. The molecule has 0 aliphatic rings. The highest BCUT2D eigenvalue weighted by molar-refractivity contribution is 7.13. The van der Waals surface area contributed by atoms with Crippen LogP contribution in [0.3, 0.4) is 0 Å². The number of hydrogen-bond donors (Lipinski definition) is 1. The molecule has 28 heavy (non-hydrogen) atoms. The summed E-state index contributed by atoms with van der Waals surface area (Å²) in [5.41, 5.74) is 4.42. The van der Waals surface area contributed by atoms with Gasteiger partial charge >= 0.3 is 5.97 Å². The minimum absolute atomic E-state index is 0.160. The van der Waals surface area contributed by atoms with Crippen molar-refractivity contribution in [2.75, 3.05) is 25.2 Å². The first-order valence-corrected chi connectivity index (χ1v) is 10.3. The first kappa shape index (κ1) is 21.7. The van der Waals surface area contributed by atoms with Crippen LogP contribution in [0, 0.1) is 0 Å². The third-order valence-corrected chi connectivity index (χ3v) is 4.38. The van der Waals surface area contributed by atoms with Gasteiger partial charge in [0.1, 0.15) is 0 Å². The molecule has 2 aromatic rings. The highest BCUT2D eigenvalue weighted by atomic mass is 32.1. The van der Waals surface area contributed by atoms with E-state index >= 15 is 0 Å². The number of esters is 1. The predicted molar refractivity (Wildman–Crippen MR) is 112 cm³/mol. The summed E-state index contributed by atoms with van der Waals surface area (Å²) in [6.45, 7) is 7.44. The molecule has 0 unspecified atom stereocenters. The quantitative estimate of drug-likeness (QED) is 0.246.